The second-order valence-electron chi connectivity index (χ2n) is 4.85. The molecule has 0 radical (unpaired) electrons. The van der Waals surface area contributed by atoms with Crippen molar-refractivity contribution < 1.29 is 0 Å². The van der Waals surface area contributed by atoms with Gasteiger partial charge in [0.1, 0.15) is 0 Å². The van der Waals surface area contributed by atoms with Crippen LogP contribution in [0.3, 0.4) is 0 Å². The van der Waals surface area contributed by atoms with Crippen LogP contribution in [-0.4, -0.2) is 16.1 Å². The highest BCUT2D eigenvalue weighted by Crippen LogP contribution is 2.15. The summed E-state index contributed by atoms with van der Waals surface area (Å²) in [6, 6.07) is 0.462. The zero-order valence-corrected chi connectivity index (χ0v) is 10.5. The first-order chi connectivity index (χ1) is 7.02. The molecule has 1 rings (SSSR count). The molecule has 3 heteroatoms. The minimum atomic E-state index is 0.462. The normalized spacial score (nSPS) is 13.5. The van der Waals surface area contributed by atoms with Crippen molar-refractivity contribution in [3.05, 3.63) is 12.4 Å². The van der Waals surface area contributed by atoms with E-state index in [0.29, 0.717) is 17.9 Å². The maximum atomic E-state index is 4.32. The Morgan fingerprint density at radius 1 is 1.27 bits per heavy atom. The topological polar surface area (TPSA) is 29.9 Å². The molecule has 86 valence electrons. The fourth-order valence-corrected chi connectivity index (χ4v) is 1.35. The molecule has 1 N–H and O–H groups in total. The number of nitrogens with zero attached hydrogens (tertiary/aromatic N) is 2. The summed E-state index contributed by atoms with van der Waals surface area (Å²) in [4.78, 5) is 4.32. The smallest absolute Gasteiger partial charge is 0.203 e. The van der Waals surface area contributed by atoms with Crippen LogP contribution in [0.25, 0.3) is 0 Å². The highest BCUT2D eigenvalue weighted by atomic mass is 15.2. The first kappa shape index (κ1) is 12.1. The first-order valence-corrected chi connectivity index (χ1v) is 5.79. The lowest BCUT2D eigenvalue weighted by Gasteiger charge is -2.18. The van der Waals surface area contributed by atoms with E-state index in [1.54, 1.807) is 0 Å². The van der Waals surface area contributed by atoms with Gasteiger partial charge in [-0.1, -0.05) is 20.8 Å². The van der Waals surface area contributed by atoms with Crippen molar-refractivity contribution in [2.75, 3.05) is 11.9 Å². The van der Waals surface area contributed by atoms with Crippen LogP contribution in [0.1, 0.15) is 40.7 Å². The molecule has 0 fully saturated rings. The van der Waals surface area contributed by atoms with Crippen molar-refractivity contribution >= 4 is 5.95 Å². The van der Waals surface area contributed by atoms with E-state index in [1.165, 1.54) is 0 Å². The third-order valence-corrected chi connectivity index (χ3v) is 2.95. The fraction of sp³-hybridized carbons (Fsp3) is 0.750. The van der Waals surface area contributed by atoms with Crippen molar-refractivity contribution in [2.24, 2.45) is 11.8 Å². The molecule has 3 nitrogen and oxygen atoms in total. The molecule has 0 saturated carbocycles. The van der Waals surface area contributed by atoms with Gasteiger partial charge in [0.05, 0.1) is 0 Å². The van der Waals surface area contributed by atoms with E-state index in [0.717, 1.165) is 12.5 Å². The molecule has 0 aliphatic carbocycles. The van der Waals surface area contributed by atoms with Crippen molar-refractivity contribution in [2.45, 2.75) is 40.7 Å². The lowest BCUT2D eigenvalue weighted by Crippen LogP contribution is -2.18. The van der Waals surface area contributed by atoms with Gasteiger partial charge in [0.2, 0.25) is 5.95 Å². The molecule has 0 bridgehead atoms. The van der Waals surface area contributed by atoms with E-state index in [-0.39, 0.29) is 0 Å². The number of hydrogen-bond acceptors (Lipinski definition) is 2. The minimum absolute atomic E-state index is 0.462. The van der Waals surface area contributed by atoms with Gasteiger partial charge in [0.15, 0.2) is 0 Å². The Kier molecular flexibility index (Phi) is 4.18. The zero-order chi connectivity index (χ0) is 11.4. The molecule has 0 saturated heterocycles. The fourth-order valence-electron chi connectivity index (χ4n) is 1.35. The average molecular weight is 209 g/mol. The third kappa shape index (κ3) is 3.26. The summed E-state index contributed by atoms with van der Waals surface area (Å²) in [6.45, 7) is 12.1. The van der Waals surface area contributed by atoms with Gasteiger partial charge in [-0.15, -0.1) is 0 Å². The molecule has 15 heavy (non-hydrogen) atoms. The third-order valence-electron chi connectivity index (χ3n) is 2.95. The molecular weight excluding hydrogens is 186 g/mol. The molecule has 0 spiro atoms. The Morgan fingerprint density at radius 3 is 2.47 bits per heavy atom. The summed E-state index contributed by atoms with van der Waals surface area (Å²) in [7, 11) is 0. The maximum absolute atomic E-state index is 4.32. The van der Waals surface area contributed by atoms with E-state index < -0.39 is 0 Å². The van der Waals surface area contributed by atoms with Gasteiger partial charge in [-0.25, -0.2) is 4.98 Å². The zero-order valence-electron chi connectivity index (χ0n) is 10.5. The summed E-state index contributed by atoms with van der Waals surface area (Å²) in [6.07, 6.45) is 3.87. The predicted octanol–water partition coefficient (Wildman–Crippen LogP) is 3.17. The van der Waals surface area contributed by atoms with Crippen molar-refractivity contribution in [1.82, 2.24) is 9.55 Å². The Bertz CT molecular complexity index is 289. The molecule has 1 aromatic heterocycles. The largest absolute Gasteiger partial charge is 0.355 e. The van der Waals surface area contributed by atoms with Crippen molar-refractivity contribution in [1.29, 1.82) is 0 Å². The van der Waals surface area contributed by atoms with Crippen molar-refractivity contribution in [3.63, 3.8) is 0 Å². The first-order valence-electron chi connectivity index (χ1n) is 5.79. The lowest BCUT2D eigenvalue weighted by molar-refractivity contribution is 0.437. The summed E-state index contributed by atoms with van der Waals surface area (Å²) in [5.41, 5.74) is 0. The van der Waals surface area contributed by atoms with Crippen LogP contribution in [0.15, 0.2) is 12.4 Å². The second kappa shape index (κ2) is 5.19. The molecule has 0 aromatic carbocycles. The molecule has 1 unspecified atom stereocenters. The van der Waals surface area contributed by atoms with Crippen LogP contribution in [0.2, 0.25) is 0 Å². The Morgan fingerprint density at radius 2 is 1.93 bits per heavy atom. The van der Waals surface area contributed by atoms with E-state index in [2.05, 4.69) is 49.5 Å². The van der Waals surface area contributed by atoms with Gasteiger partial charge in [-0.2, -0.15) is 0 Å². The highest BCUT2D eigenvalue weighted by Gasteiger charge is 2.09. The summed E-state index contributed by atoms with van der Waals surface area (Å²) < 4.78 is 2.16. The van der Waals surface area contributed by atoms with Gasteiger partial charge >= 0.3 is 0 Å². The van der Waals surface area contributed by atoms with Gasteiger partial charge in [0, 0.05) is 25.0 Å². The second-order valence-corrected chi connectivity index (χ2v) is 4.85. The molecule has 0 amide bonds. The summed E-state index contributed by atoms with van der Waals surface area (Å²) in [5, 5.41) is 3.41. The number of hydrogen-bond donors (Lipinski definition) is 1. The van der Waals surface area contributed by atoms with Gasteiger partial charge in [-0.3, -0.25) is 0 Å². The van der Waals surface area contributed by atoms with E-state index in [1.807, 2.05) is 12.4 Å². The molecule has 1 heterocycles. The van der Waals surface area contributed by atoms with E-state index in [4.69, 9.17) is 0 Å². The molecule has 0 aliphatic heterocycles. The average Bonchev–Trinajstić information content (AvgIpc) is 2.61. The quantitative estimate of drug-likeness (QED) is 0.807. The monoisotopic (exact) mass is 209 g/mol. The van der Waals surface area contributed by atoms with Gasteiger partial charge in [-0.05, 0) is 25.7 Å². The van der Waals surface area contributed by atoms with Crippen molar-refractivity contribution in [3.8, 4) is 0 Å². The predicted molar refractivity (Wildman–Crippen MR) is 65.1 cm³/mol. The molecule has 1 aromatic rings. The van der Waals surface area contributed by atoms with Crippen LogP contribution < -0.4 is 5.32 Å². The van der Waals surface area contributed by atoms with Crippen LogP contribution in [0, 0.1) is 11.8 Å². The van der Waals surface area contributed by atoms with Crippen LogP contribution >= 0.6 is 0 Å². The van der Waals surface area contributed by atoms with Crippen LogP contribution in [0.4, 0.5) is 5.95 Å². The summed E-state index contributed by atoms with van der Waals surface area (Å²) >= 11 is 0. The Balaban J connectivity index is 2.54. The SMILES string of the molecule is CC(C)C(C)CNc1nccn1C(C)C. The lowest BCUT2D eigenvalue weighted by atomic mass is 9.98. The maximum Gasteiger partial charge on any atom is 0.203 e. The number of imidazole rings is 1. The van der Waals surface area contributed by atoms with Crippen LogP contribution in [-0.2, 0) is 0 Å². The van der Waals surface area contributed by atoms with E-state index >= 15 is 0 Å². The Labute approximate surface area is 92.9 Å². The Hall–Kier alpha value is -0.990. The number of anilines is 1. The number of aromatic nitrogens is 2. The van der Waals surface area contributed by atoms with Gasteiger partial charge in [0.25, 0.3) is 0 Å². The highest BCUT2D eigenvalue weighted by molar-refractivity contribution is 5.26. The number of rotatable bonds is 5. The molecule has 0 aliphatic rings. The van der Waals surface area contributed by atoms with Crippen LogP contribution in [0.5, 0.6) is 0 Å². The van der Waals surface area contributed by atoms with E-state index in [9.17, 15) is 0 Å². The molecular formula is C12H23N3. The van der Waals surface area contributed by atoms with Gasteiger partial charge < -0.3 is 9.88 Å². The minimum Gasteiger partial charge on any atom is -0.355 e. The standard InChI is InChI=1S/C12H23N3/c1-9(2)11(5)8-14-12-13-6-7-15(12)10(3)4/h6-7,9-11H,8H2,1-5H3,(H,13,14). The number of nitrogens with one attached hydrogen (secondary N) is 1. The summed E-state index contributed by atoms with van der Waals surface area (Å²) in [5.74, 6) is 2.36. The molecule has 1 atom stereocenters.